The highest BCUT2D eigenvalue weighted by Crippen LogP contribution is 2.39. The first-order valence-electron chi connectivity index (χ1n) is 9.13. The average Bonchev–Trinajstić information content (AvgIpc) is 2.64. The van der Waals surface area contributed by atoms with Gasteiger partial charge in [0.2, 0.25) is 0 Å². The Bertz CT molecular complexity index is 752. The number of phenols is 1. The predicted octanol–water partition coefficient (Wildman–Crippen LogP) is 3.43. The Labute approximate surface area is 167 Å². The van der Waals surface area contributed by atoms with Crippen molar-refractivity contribution in [3.8, 4) is 11.5 Å². The molecule has 0 saturated heterocycles. The lowest BCUT2D eigenvalue weighted by Crippen LogP contribution is -2.44. The quantitative estimate of drug-likeness (QED) is 0.567. The molecule has 0 saturated carbocycles. The van der Waals surface area contributed by atoms with Crippen LogP contribution in [-0.2, 0) is 12.8 Å². The molecule has 0 fully saturated rings. The molecule has 0 spiro atoms. The van der Waals surface area contributed by atoms with Crippen LogP contribution in [0, 0.1) is 0 Å². The fraction of sp³-hybridized carbons (Fsp3) is 0.429. The fourth-order valence-corrected chi connectivity index (χ4v) is 3.87. The van der Waals surface area contributed by atoms with Crippen LogP contribution < -0.4 is 15.4 Å². The number of anilines is 1. The zero-order chi connectivity index (χ0) is 18.7. The van der Waals surface area contributed by atoms with E-state index in [1.807, 2.05) is 18.2 Å². The lowest BCUT2D eigenvalue weighted by atomic mass is 9.84. The van der Waals surface area contributed by atoms with E-state index < -0.39 is 6.10 Å². The molecular formula is C21H29ClN2O3. The molecule has 6 heteroatoms. The zero-order valence-electron chi connectivity index (χ0n) is 16.0. The molecule has 5 nitrogen and oxygen atoms in total. The predicted molar refractivity (Wildman–Crippen MR) is 111 cm³/mol. The van der Waals surface area contributed by atoms with E-state index in [2.05, 4.69) is 29.7 Å². The SMILES string of the molecule is CNc1c(O)ccc2c1CCC(NC(C)Cc1ccc(OC)cc1)C2O.Cl. The van der Waals surface area contributed by atoms with Crippen LogP contribution in [0.15, 0.2) is 36.4 Å². The number of benzene rings is 2. The topological polar surface area (TPSA) is 73.8 Å². The second kappa shape index (κ2) is 9.31. The molecule has 3 unspecified atom stereocenters. The number of ether oxygens (including phenoxy) is 1. The maximum atomic E-state index is 10.8. The summed E-state index contributed by atoms with van der Waals surface area (Å²) < 4.78 is 5.20. The van der Waals surface area contributed by atoms with Gasteiger partial charge in [-0.25, -0.2) is 0 Å². The molecule has 148 valence electrons. The largest absolute Gasteiger partial charge is 0.506 e. The van der Waals surface area contributed by atoms with Crippen molar-refractivity contribution in [2.24, 2.45) is 0 Å². The van der Waals surface area contributed by atoms with Gasteiger partial charge in [0.15, 0.2) is 0 Å². The van der Waals surface area contributed by atoms with Gasteiger partial charge in [0.1, 0.15) is 11.5 Å². The first kappa shape index (κ1) is 21.4. The molecule has 3 rings (SSSR count). The molecule has 3 atom stereocenters. The summed E-state index contributed by atoms with van der Waals surface area (Å²) in [6.45, 7) is 2.14. The van der Waals surface area contributed by atoms with Crippen LogP contribution >= 0.6 is 12.4 Å². The molecule has 0 aliphatic heterocycles. The van der Waals surface area contributed by atoms with E-state index in [0.717, 1.165) is 41.8 Å². The van der Waals surface area contributed by atoms with Gasteiger partial charge in [0, 0.05) is 19.1 Å². The van der Waals surface area contributed by atoms with E-state index in [1.165, 1.54) is 5.56 Å². The van der Waals surface area contributed by atoms with Crippen molar-refractivity contribution in [1.82, 2.24) is 5.32 Å². The van der Waals surface area contributed by atoms with Crippen LogP contribution in [-0.4, -0.2) is 36.5 Å². The minimum absolute atomic E-state index is 0. The molecule has 27 heavy (non-hydrogen) atoms. The monoisotopic (exact) mass is 392 g/mol. The van der Waals surface area contributed by atoms with Crippen LogP contribution in [0.2, 0.25) is 0 Å². The molecule has 0 aromatic heterocycles. The van der Waals surface area contributed by atoms with Gasteiger partial charge in [-0.05, 0) is 61.1 Å². The second-order valence-electron chi connectivity index (χ2n) is 6.99. The molecule has 1 aliphatic rings. The molecule has 2 aromatic rings. The summed E-state index contributed by atoms with van der Waals surface area (Å²) in [5.74, 6) is 1.09. The van der Waals surface area contributed by atoms with Crippen molar-refractivity contribution in [2.75, 3.05) is 19.5 Å². The Kier molecular flexibility index (Phi) is 7.36. The highest BCUT2D eigenvalue weighted by molar-refractivity contribution is 5.85. The Morgan fingerprint density at radius 2 is 1.89 bits per heavy atom. The molecule has 4 N–H and O–H groups in total. The van der Waals surface area contributed by atoms with Gasteiger partial charge in [-0.3, -0.25) is 0 Å². The minimum atomic E-state index is -0.579. The first-order chi connectivity index (χ1) is 12.5. The van der Waals surface area contributed by atoms with Gasteiger partial charge in [-0.2, -0.15) is 0 Å². The molecule has 0 amide bonds. The van der Waals surface area contributed by atoms with E-state index >= 15 is 0 Å². The standard InChI is InChI=1S/C21H28N2O3.ClH/c1-13(12-14-4-6-15(26-3)7-5-14)23-18-10-8-16-17(21(18)25)9-11-19(24)20(16)22-2;/h4-7,9,11,13,18,21-25H,8,10,12H2,1-3H3;1H. The number of aliphatic hydroxyl groups excluding tert-OH is 1. The smallest absolute Gasteiger partial charge is 0.138 e. The second-order valence-corrected chi connectivity index (χ2v) is 6.99. The van der Waals surface area contributed by atoms with Gasteiger partial charge in [0.25, 0.3) is 0 Å². The number of hydrogen-bond donors (Lipinski definition) is 4. The molecule has 0 heterocycles. The van der Waals surface area contributed by atoms with Gasteiger partial charge < -0.3 is 25.6 Å². The number of phenolic OH excluding ortho intramolecular Hbond substituents is 1. The first-order valence-corrected chi connectivity index (χ1v) is 9.13. The number of aromatic hydroxyl groups is 1. The molecule has 1 aliphatic carbocycles. The minimum Gasteiger partial charge on any atom is -0.506 e. The van der Waals surface area contributed by atoms with Gasteiger partial charge in [-0.15, -0.1) is 12.4 Å². The van der Waals surface area contributed by atoms with Crippen molar-refractivity contribution in [3.63, 3.8) is 0 Å². The van der Waals surface area contributed by atoms with Crippen molar-refractivity contribution in [2.45, 2.75) is 44.4 Å². The van der Waals surface area contributed by atoms with Gasteiger partial charge in [-0.1, -0.05) is 18.2 Å². The molecule has 0 bridgehead atoms. The van der Waals surface area contributed by atoms with Crippen molar-refractivity contribution >= 4 is 18.1 Å². The maximum absolute atomic E-state index is 10.8. The molecular weight excluding hydrogens is 364 g/mol. The van der Waals surface area contributed by atoms with E-state index in [9.17, 15) is 10.2 Å². The Morgan fingerprint density at radius 3 is 2.52 bits per heavy atom. The van der Waals surface area contributed by atoms with E-state index in [0.29, 0.717) is 0 Å². The summed E-state index contributed by atoms with van der Waals surface area (Å²) in [5, 5.41) is 27.4. The number of fused-ring (bicyclic) bond motifs is 1. The Hall–Kier alpha value is -1.95. The maximum Gasteiger partial charge on any atom is 0.138 e. The summed E-state index contributed by atoms with van der Waals surface area (Å²) in [5.41, 5.74) is 3.87. The van der Waals surface area contributed by atoms with Crippen molar-refractivity contribution in [1.29, 1.82) is 0 Å². The summed E-state index contributed by atoms with van der Waals surface area (Å²) in [7, 11) is 3.46. The highest BCUT2D eigenvalue weighted by Gasteiger charge is 2.30. The average molecular weight is 393 g/mol. The lowest BCUT2D eigenvalue weighted by molar-refractivity contribution is 0.109. The van der Waals surface area contributed by atoms with Crippen LogP contribution in [0.4, 0.5) is 5.69 Å². The molecule has 0 radical (unpaired) electrons. The summed E-state index contributed by atoms with van der Waals surface area (Å²) in [6, 6.07) is 11.8. The van der Waals surface area contributed by atoms with Gasteiger partial charge in [0.05, 0.1) is 18.9 Å². The van der Waals surface area contributed by atoms with E-state index in [4.69, 9.17) is 4.74 Å². The summed E-state index contributed by atoms with van der Waals surface area (Å²) in [4.78, 5) is 0. The highest BCUT2D eigenvalue weighted by atomic mass is 35.5. The number of methoxy groups -OCH3 is 1. The third-order valence-electron chi connectivity index (χ3n) is 5.18. The third kappa shape index (κ3) is 4.67. The van der Waals surface area contributed by atoms with Crippen LogP contribution in [0.1, 0.15) is 36.1 Å². The fourth-order valence-electron chi connectivity index (χ4n) is 3.87. The number of nitrogens with one attached hydrogen (secondary N) is 2. The summed E-state index contributed by atoms with van der Waals surface area (Å²) in [6.07, 6.45) is 1.96. The Morgan fingerprint density at radius 1 is 1.19 bits per heavy atom. The lowest BCUT2D eigenvalue weighted by Gasteiger charge is -2.34. The summed E-state index contributed by atoms with van der Waals surface area (Å²) >= 11 is 0. The van der Waals surface area contributed by atoms with Gasteiger partial charge >= 0.3 is 0 Å². The third-order valence-corrected chi connectivity index (χ3v) is 5.18. The van der Waals surface area contributed by atoms with E-state index in [1.54, 1.807) is 20.2 Å². The number of halogens is 1. The number of rotatable bonds is 6. The zero-order valence-corrected chi connectivity index (χ0v) is 16.8. The number of hydrogen-bond acceptors (Lipinski definition) is 5. The molecule has 2 aromatic carbocycles. The van der Waals surface area contributed by atoms with Crippen LogP contribution in [0.3, 0.4) is 0 Å². The van der Waals surface area contributed by atoms with E-state index in [-0.39, 0.29) is 30.2 Å². The van der Waals surface area contributed by atoms with Crippen LogP contribution in [0.25, 0.3) is 0 Å². The Balaban J connectivity index is 0.00000261. The number of aliphatic hydroxyl groups is 1. The normalized spacial score (nSPS) is 19.6. The van der Waals surface area contributed by atoms with Crippen LogP contribution in [0.5, 0.6) is 11.5 Å². The van der Waals surface area contributed by atoms with Crippen molar-refractivity contribution < 1.29 is 14.9 Å². The van der Waals surface area contributed by atoms with Crippen molar-refractivity contribution in [3.05, 3.63) is 53.1 Å².